The summed E-state index contributed by atoms with van der Waals surface area (Å²) < 4.78 is 0. The topological polar surface area (TPSA) is 40.5 Å². The van der Waals surface area contributed by atoms with Gasteiger partial charge in [-0.2, -0.15) is 11.8 Å². The van der Waals surface area contributed by atoms with Crippen molar-refractivity contribution in [2.75, 3.05) is 25.6 Å². The van der Waals surface area contributed by atoms with E-state index in [1.807, 2.05) is 7.05 Å². The van der Waals surface area contributed by atoms with Crippen LogP contribution in [0.3, 0.4) is 0 Å². The van der Waals surface area contributed by atoms with E-state index in [-0.39, 0.29) is 11.5 Å². The lowest BCUT2D eigenvalue weighted by Gasteiger charge is -2.17. The van der Waals surface area contributed by atoms with E-state index >= 15 is 0 Å². The highest BCUT2D eigenvalue weighted by Gasteiger charge is 2.08. The summed E-state index contributed by atoms with van der Waals surface area (Å²) in [5.41, 5.74) is 1.46. The standard InChI is InChI=1S/C13H19NO2S/c1-10(15)11-4-5-13(16)12(8-11)9-14(2)6-7-17-3/h4-5,8,16H,6-7,9H2,1-3H3. The molecule has 0 saturated heterocycles. The zero-order valence-corrected chi connectivity index (χ0v) is 11.4. The number of rotatable bonds is 6. The van der Waals surface area contributed by atoms with Crippen molar-refractivity contribution in [1.29, 1.82) is 0 Å². The number of thioether (sulfide) groups is 1. The van der Waals surface area contributed by atoms with Crippen molar-refractivity contribution >= 4 is 17.5 Å². The van der Waals surface area contributed by atoms with Crippen molar-refractivity contribution in [3.63, 3.8) is 0 Å². The van der Waals surface area contributed by atoms with Gasteiger partial charge in [-0.1, -0.05) is 0 Å². The van der Waals surface area contributed by atoms with E-state index in [4.69, 9.17) is 0 Å². The predicted molar refractivity (Wildman–Crippen MR) is 72.8 cm³/mol. The summed E-state index contributed by atoms with van der Waals surface area (Å²) in [6.07, 6.45) is 2.07. The van der Waals surface area contributed by atoms with Crippen molar-refractivity contribution in [2.45, 2.75) is 13.5 Å². The molecule has 0 aromatic heterocycles. The average molecular weight is 253 g/mol. The van der Waals surface area contributed by atoms with Crippen LogP contribution in [0.15, 0.2) is 18.2 Å². The van der Waals surface area contributed by atoms with E-state index in [1.54, 1.807) is 30.0 Å². The fraction of sp³-hybridized carbons (Fsp3) is 0.462. The molecule has 0 bridgehead atoms. The third kappa shape index (κ3) is 4.40. The number of benzene rings is 1. The summed E-state index contributed by atoms with van der Waals surface area (Å²) in [5, 5.41) is 9.75. The van der Waals surface area contributed by atoms with Crippen LogP contribution in [-0.2, 0) is 6.54 Å². The molecule has 3 nitrogen and oxygen atoms in total. The molecule has 0 saturated carbocycles. The highest BCUT2D eigenvalue weighted by Crippen LogP contribution is 2.20. The van der Waals surface area contributed by atoms with E-state index < -0.39 is 0 Å². The highest BCUT2D eigenvalue weighted by molar-refractivity contribution is 7.98. The third-order valence-corrected chi connectivity index (χ3v) is 3.19. The maximum Gasteiger partial charge on any atom is 0.159 e. The molecule has 94 valence electrons. The molecule has 0 atom stereocenters. The zero-order valence-electron chi connectivity index (χ0n) is 10.6. The maximum absolute atomic E-state index is 11.3. The first-order chi connectivity index (χ1) is 8.04. The Morgan fingerprint density at radius 1 is 1.47 bits per heavy atom. The minimum Gasteiger partial charge on any atom is -0.508 e. The second kappa shape index (κ2) is 6.67. The smallest absolute Gasteiger partial charge is 0.159 e. The van der Waals surface area contributed by atoms with Gasteiger partial charge in [-0.05, 0) is 38.4 Å². The Bertz CT molecular complexity index is 393. The number of Topliss-reactive ketones (excluding diaryl/α,β-unsaturated/α-hetero) is 1. The van der Waals surface area contributed by atoms with Crippen LogP contribution in [0.2, 0.25) is 0 Å². The zero-order chi connectivity index (χ0) is 12.8. The molecule has 1 aromatic rings. The van der Waals surface area contributed by atoms with Gasteiger partial charge >= 0.3 is 0 Å². The Balaban J connectivity index is 2.75. The Morgan fingerprint density at radius 2 is 2.18 bits per heavy atom. The number of hydrogen-bond donors (Lipinski definition) is 1. The molecular formula is C13H19NO2S. The molecule has 0 fully saturated rings. The molecule has 0 heterocycles. The van der Waals surface area contributed by atoms with Gasteiger partial charge in [0.05, 0.1) is 0 Å². The van der Waals surface area contributed by atoms with Crippen LogP contribution in [0.25, 0.3) is 0 Å². The molecule has 1 N–H and O–H groups in total. The summed E-state index contributed by atoms with van der Waals surface area (Å²) in [7, 11) is 2.01. The first-order valence-electron chi connectivity index (χ1n) is 5.55. The SMILES string of the molecule is CSCCN(C)Cc1cc(C(C)=O)ccc1O. The van der Waals surface area contributed by atoms with Gasteiger partial charge in [0.25, 0.3) is 0 Å². The van der Waals surface area contributed by atoms with Gasteiger partial charge in [-0.15, -0.1) is 0 Å². The van der Waals surface area contributed by atoms with Gasteiger partial charge in [0.1, 0.15) is 5.75 Å². The van der Waals surface area contributed by atoms with Crippen LogP contribution in [0.1, 0.15) is 22.8 Å². The molecule has 1 rings (SSSR count). The highest BCUT2D eigenvalue weighted by atomic mass is 32.2. The molecule has 1 aromatic carbocycles. The van der Waals surface area contributed by atoms with Crippen molar-refractivity contribution in [1.82, 2.24) is 4.90 Å². The van der Waals surface area contributed by atoms with Crippen LogP contribution in [0, 0.1) is 0 Å². The molecule has 0 amide bonds. The third-order valence-electron chi connectivity index (χ3n) is 2.60. The molecule has 0 spiro atoms. The van der Waals surface area contributed by atoms with Crippen LogP contribution in [0.5, 0.6) is 5.75 Å². The molecule has 0 aliphatic rings. The number of nitrogens with zero attached hydrogens (tertiary/aromatic N) is 1. The first kappa shape index (κ1) is 14.1. The van der Waals surface area contributed by atoms with Crippen molar-refractivity contribution in [3.8, 4) is 5.75 Å². The second-order valence-corrected chi connectivity index (χ2v) is 5.12. The lowest BCUT2D eigenvalue weighted by molar-refractivity contribution is 0.101. The van der Waals surface area contributed by atoms with Crippen molar-refractivity contribution in [3.05, 3.63) is 29.3 Å². The summed E-state index contributed by atoms with van der Waals surface area (Å²) in [6.45, 7) is 3.16. The minimum absolute atomic E-state index is 0.0259. The van der Waals surface area contributed by atoms with Gasteiger partial charge in [0, 0.05) is 30.0 Å². The number of phenols is 1. The normalized spacial score (nSPS) is 10.8. The van der Waals surface area contributed by atoms with E-state index in [9.17, 15) is 9.90 Å². The number of carbonyl (C=O) groups is 1. The Kier molecular flexibility index (Phi) is 5.51. The summed E-state index contributed by atoms with van der Waals surface area (Å²) in [5.74, 6) is 1.34. The Hall–Kier alpha value is -1.00. The Labute approximate surface area is 107 Å². The Morgan fingerprint density at radius 3 is 2.76 bits per heavy atom. The summed E-state index contributed by atoms with van der Waals surface area (Å²) in [4.78, 5) is 13.4. The van der Waals surface area contributed by atoms with Gasteiger partial charge in [0.2, 0.25) is 0 Å². The monoisotopic (exact) mass is 253 g/mol. The largest absolute Gasteiger partial charge is 0.508 e. The van der Waals surface area contributed by atoms with Gasteiger partial charge in [-0.25, -0.2) is 0 Å². The molecule has 0 aliphatic carbocycles. The number of aromatic hydroxyl groups is 1. The van der Waals surface area contributed by atoms with Gasteiger partial charge < -0.3 is 10.0 Å². The van der Waals surface area contributed by atoms with Crippen molar-refractivity contribution < 1.29 is 9.90 Å². The van der Waals surface area contributed by atoms with Gasteiger partial charge in [0.15, 0.2) is 5.78 Å². The molecule has 0 unspecified atom stereocenters. The van der Waals surface area contributed by atoms with Crippen molar-refractivity contribution in [2.24, 2.45) is 0 Å². The van der Waals surface area contributed by atoms with Crippen LogP contribution < -0.4 is 0 Å². The number of carbonyl (C=O) groups excluding carboxylic acids is 1. The molecule has 0 aliphatic heterocycles. The number of phenolic OH excluding ortho intramolecular Hbond substituents is 1. The summed E-state index contributed by atoms with van der Waals surface area (Å²) in [6, 6.07) is 5.02. The van der Waals surface area contributed by atoms with Crippen LogP contribution >= 0.6 is 11.8 Å². The predicted octanol–water partition coefficient (Wildman–Crippen LogP) is 2.39. The lowest BCUT2D eigenvalue weighted by Crippen LogP contribution is -2.20. The number of hydrogen-bond acceptors (Lipinski definition) is 4. The molecule has 4 heteroatoms. The second-order valence-electron chi connectivity index (χ2n) is 4.13. The van der Waals surface area contributed by atoms with Gasteiger partial charge in [-0.3, -0.25) is 4.79 Å². The number of ketones is 1. The first-order valence-corrected chi connectivity index (χ1v) is 6.94. The van der Waals surface area contributed by atoms with E-state index in [0.29, 0.717) is 12.1 Å². The minimum atomic E-state index is 0.0259. The molecule has 0 radical (unpaired) electrons. The lowest BCUT2D eigenvalue weighted by atomic mass is 10.1. The quantitative estimate of drug-likeness (QED) is 0.790. The molecular weight excluding hydrogens is 234 g/mol. The molecule has 17 heavy (non-hydrogen) atoms. The summed E-state index contributed by atoms with van der Waals surface area (Å²) >= 11 is 1.79. The fourth-order valence-corrected chi connectivity index (χ4v) is 2.04. The van der Waals surface area contributed by atoms with E-state index in [0.717, 1.165) is 17.9 Å². The van der Waals surface area contributed by atoms with E-state index in [2.05, 4.69) is 11.2 Å². The van der Waals surface area contributed by atoms with E-state index in [1.165, 1.54) is 6.92 Å². The fourth-order valence-electron chi connectivity index (χ4n) is 1.55. The van der Waals surface area contributed by atoms with Crippen LogP contribution in [0.4, 0.5) is 0 Å². The average Bonchev–Trinajstić information content (AvgIpc) is 2.29. The maximum atomic E-state index is 11.3. The van der Waals surface area contributed by atoms with Crippen LogP contribution in [-0.4, -0.2) is 41.4 Å².